The number of nitrogens with zero attached hydrogens (tertiary/aromatic N) is 6. The van der Waals surface area contributed by atoms with Crippen molar-refractivity contribution in [3.8, 4) is 6.07 Å². The van der Waals surface area contributed by atoms with Crippen LogP contribution in [-0.2, 0) is 13.0 Å². The molecule has 0 unspecified atom stereocenters. The van der Waals surface area contributed by atoms with E-state index in [0.717, 1.165) is 36.2 Å². The van der Waals surface area contributed by atoms with Crippen molar-refractivity contribution in [2.45, 2.75) is 38.8 Å². The van der Waals surface area contributed by atoms with Gasteiger partial charge in [-0.1, -0.05) is 6.92 Å². The van der Waals surface area contributed by atoms with Crippen molar-refractivity contribution in [1.82, 2.24) is 19.7 Å². The summed E-state index contributed by atoms with van der Waals surface area (Å²) in [6, 6.07) is 4.75. The smallest absolute Gasteiger partial charge is 0.163 e. The fraction of sp³-hybridized carbons (Fsp3) is 0.412. The van der Waals surface area contributed by atoms with Crippen molar-refractivity contribution < 1.29 is 0 Å². The average molecular weight is 338 g/mol. The van der Waals surface area contributed by atoms with Gasteiger partial charge in [0.25, 0.3) is 0 Å². The van der Waals surface area contributed by atoms with Crippen LogP contribution in [0.4, 0.5) is 5.82 Å². The summed E-state index contributed by atoms with van der Waals surface area (Å²) >= 11 is 1.85. The van der Waals surface area contributed by atoms with E-state index in [-0.39, 0.29) is 0 Å². The van der Waals surface area contributed by atoms with Crippen molar-refractivity contribution in [1.29, 1.82) is 5.26 Å². The number of thiophene rings is 1. The molecule has 0 aromatic carbocycles. The monoisotopic (exact) mass is 338 g/mol. The van der Waals surface area contributed by atoms with Crippen LogP contribution in [-0.4, -0.2) is 26.3 Å². The summed E-state index contributed by atoms with van der Waals surface area (Å²) in [6.07, 6.45) is 5.96. The molecule has 0 fully saturated rings. The zero-order valence-electron chi connectivity index (χ0n) is 13.5. The zero-order chi connectivity index (χ0) is 16.5. The van der Waals surface area contributed by atoms with Crippen molar-refractivity contribution in [2.24, 2.45) is 0 Å². The Labute approximate surface area is 144 Å². The minimum absolute atomic E-state index is 0.348. The molecule has 1 aliphatic rings. The van der Waals surface area contributed by atoms with Gasteiger partial charge < -0.3 is 4.90 Å². The van der Waals surface area contributed by atoms with Crippen LogP contribution in [0.15, 0.2) is 24.0 Å². The van der Waals surface area contributed by atoms with E-state index >= 15 is 0 Å². The van der Waals surface area contributed by atoms with Crippen molar-refractivity contribution in [3.63, 3.8) is 0 Å². The van der Waals surface area contributed by atoms with Gasteiger partial charge in [0.05, 0.1) is 36.7 Å². The van der Waals surface area contributed by atoms with E-state index in [0.29, 0.717) is 19.0 Å². The van der Waals surface area contributed by atoms with Crippen LogP contribution < -0.4 is 4.90 Å². The van der Waals surface area contributed by atoms with Crippen LogP contribution in [0.1, 0.15) is 36.2 Å². The first-order chi connectivity index (χ1) is 11.8. The highest BCUT2D eigenvalue weighted by atomic mass is 32.1. The minimum Gasteiger partial charge on any atom is -0.348 e. The summed E-state index contributed by atoms with van der Waals surface area (Å²) in [6.45, 7) is 3.74. The van der Waals surface area contributed by atoms with E-state index in [1.807, 2.05) is 17.5 Å². The fourth-order valence-electron chi connectivity index (χ4n) is 3.52. The third-order valence-corrected chi connectivity index (χ3v) is 5.60. The molecular formula is C17H18N6S. The van der Waals surface area contributed by atoms with E-state index < -0.39 is 0 Å². The Morgan fingerprint density at radius 3 is 3.17 bits per heavy atom. The predicted octanol–water partition coefficient (Wildman–Crippen LogP) is 3.32. The molecule has 0 amide bonds. The lowest BCUT2D eigenvalue weighted by molar-refractivity contribution is 0.569. The molecule has 3 aromatic rings. The van der Waals surface area contributed by atoms with Gasteiger partial charge in [0.15, 0.2) is 5.65 Å². The van der Waals surface area contributed by atoms with Crippen LogP contribution in [0.2, 0.25) is 0 Å². The number of anilines is 1. The highest BCUT2D eigenvalue weighted by molar-refractivity contribution is 7.10. The van der Waals surface area contributed by atoms with Gasteiger partial charge >= 0.3 is 0 Å². The number of hydrogen-bond donors (Lipinski definition) is 0. The molecule has 0 saturated carbocycles. The first-order valence-corrected chi connectivity index (χ1v) is 9.07. The van der Waals surface area contributed by atoms with Gasteiger partial charge in [0.2, 0.25) is 0 Å². The van der Waals surface area contributed by atoms with Gasteiger partial charge in [0.1, 0.15) is 12.1 Å². The molecule has 0 spiro atoms. The highest BCUT2D eigenvalue weighted by Gasteiger charge is 2.29. The predicted molar refractivity (Wildman–Crippen MR) is 94.0 cm³/mol. The summed E-state index contributed by atoms with van der Waals surface area (Å²) in [5.41, 5.74) is 2.23. The SMILES string of the molecule is CC[C@H]1c2ccsc2CCN1c1ncnc2c1cnn2CCC#N. The average Bonchev–Trinajstić information content (AvgIpc) is 3.25. The molecular weight excluding hydrogens is 320 g/mol. The number of aromatic nitrogens is 4. The minimum atomic E-state index is 0.348. The molecule has 0 saturated heterocycles. The van der Waals surface area contributed by atoms with Crippen LogP contribution in [0, 0.1) is 11.3 Å². The Kier molecular flexibility index (Phi) is 3.90. The molecule has 122 valence electrons. The molecule has 7 heteroatoms. The topological polar surface area (TPSA) is 70.6 Å². The van der Waals surface area contributed by atoms with Gasteiger partial charge in [0, 0.05) is 11.4 Å². The largest absolute Gasteiger partial charge is 0.348 e. The van der Waals surface area contributed by atoms with E-state index in [1.165, 1.54) is 10.4 Å². The summed E-state index contributed by atoms with van der Waals surface area (Å²) < 4.78 is 1.80. The molecule has 6 nitrogen and oxygen atoms in total. The van der Waals surface area contributed by atoms with Gasteiger partial charge in [-0.2, -0.15) is 10.4 Å². The number of nitriles is 1. The number of hydrogen-bond acceptors (Lipinski definition) is 6. The normalized spacial score (nSPS) is 17.0. The molecule has 0 aliphatic carbocycles. The third kappa shape index (κ3) is 2.34. The lowest BCUT2D eigenvalue weighted by Crippen LogP contribution is -2.35. The van der Waals surface area contributed by atoms with Crippen molar-refractivity contribution in [2.75, 3.05) is 11.4 Å². The van der Waals surface area contributed by atoms with Crippen LogP contribution in [0.5, 0.6) is 0 Å². The molecule has 24 heavy (non-hydrogen) atoms. The molecule has 0 N–H and O–H groups in total. The molecule has 4 rings (SSSR count). The Bertz CT molecular complexity index is 905. The number of rotatable bonds is 4. The number of aryl methyl sites for hydroxylation is 1. The molecule has 3 aromatic heterocycles. The van der Waals surface area contributed by atoms with Crippen LogP contribution in [0.3, 0.4) is 0 Å². The fourth-order valence-corrected chi connectivity index (χ4v) is 4.45. The van der Waals surface area contributed by atoms with Gasteiger partial charge in [-0.25, -0.2) is 14.6 Å². The second-order valence-corrected chi connectivity index (χ2v) is 6.88. The van der Waals surface area contributed by atoms with Crippen LogP contribution in [0.25, 0.3) is 11.0 Å². The van der Waals surface area contributed by atoms with E-state index in [2.05, 4.69) is 44.4 Å². The maximum atomic E-state index is 8.80. The third-order valence-electron chi connectivity index (χ3n) is 4.60. The molecule has 0 bridgehead atoms. The first-order valence-electron chi connectivity index (χ1n) is 8.19. The first kappa shape index (κ1) is 15.1. The van der Waals surface area contributed by atoms with Gasteiger partial charge in [-0.3, -0.25) is 0 Å². The summed E-state index contributed by atoms with van der Waals surface area (Å²) in [5.74, 6) is 0.951. The quantitative estimate of drug-likeness (QED) is 0.730. The Balaban J connectivity index is 1.77. The van der Waals surface area contributed by atoms with Gasteiger partial charge in [-0.05, 0) is 29.9 Å². The summed E-state index contributed by atoms with van der Waals surface area (Å²) in [5, 5.41) is 16.4. The second kappa shape index (κ2) is 6.21. The summed E-state index contributed by atoms with van der Waals surface area (Å²) in [7, 11) is 0. The zero-order valence-corrected chi connectivity index (χ0v) is 14.3. The van der Waals surface area contributed by atoms with E-state index in [9.17, 15) is 0 Å². The Hall–Kier alpha value is -2.46. The standard InChI is InChI=1S/C17H18N6S/c1-2-14-12-5-9-24-15(12)4-8-22(14)16-13-10-21-23(7-3-6-18)17(13)20-11-19-16/h5,9-11,14H,2-4,7-8H2,1H3/t14-/m0/s1. The summed E-state index contributed by atoms with van der Waals surface area (Å²) in [4.78, 5) is 12.8. The maximum Gasteiger partial charge on any atom is 0.163 e. The lowest BCUT2D eigenvalue weighted by atomic mass is 9.97. The molecule has 0 radical (unpaired) electrons. The molecule has 4 heterocycles. The number of fused-ring (bicyclic) bond motifs is 2. The second-order valence-electron chi connectivity index (χ2n) is 5.88. The maximum absolute atomic E-state index is 8.80. The lowest BCUT2D eigenvalue weighted by Gasteiger charge is -2.36. The molecule has 1 aliphatic heterocycles. The van der Waals surface area contributed by atoms with E-state index in [4.69, 9.17) is 5.26 Å². The highest BCUT2D eigenvalue weighted by Crippen LogP contribution is 2.39. The van der Waals surface area contributed by atoms with E-state index in [1.54, 1.807) is 11.0 Å². The Morgan fingerprint density at radius 1 is 1.42 bits per heavy atom. The van der Waals surface area contributed by atoms with Crippen molar-refractivity contribution in [3.05, 3.63) is 34.4 Å². The van der Waals surface area contributed by atoms with Crippen molar-refractivity contribution >= 4 is 28.2 Å². The van der Waals surface area contributed by atoms with Crippen LogP contribution >= 0.6 is 11.3 Å². The molecule has 1 atom stereocenters. The Morgan fingerprint density at radius 2 is 2.33 bits per heavy atom. The van der Waals surface area contributed by atoms with Gasteiger partial charge in [-0.15, -0.1) is 11.3 Å².